The number of alkyl carbamates (subject to hydrolysis) is 1. The predicted molar refractivity (Wildman–Crippen MR) is 106 cm³/mol. The van der Waals surface area contributed by atoms with Gasteiger partial charge in [0.05, 0.1) is 0 Å². The van der Waals surface area contributed by atoms with Crippen molar-refractivity contribution in [1.82, 2.24) is 5.32 Å². The topological polar surface area (TPSA) is 64.6 Å². The van der Waals surface area contributed by atoms with Crippen molar-refractivity contribution in [3.8, 4) is 0 Å². The summed E-state index contributed by atoms with van der Waals surface area (Å²) in [5.41, 5.74) is 1.61. The van der Waals surface area contributed by atoms with E-state index in [1.807, 2.05) is 43.3 Å². The van der Waals surface area contributed by atoms with Crippen molar-refractivity contribution in [1.29, 1.82) is 0 Å². The third kappa shape index (κ3) is 7.85. The maximum Gasteiger partial charge on any atom is 0.408 e. The normalized spacial score (nSPS) is 16.3. The number of rotatable bonds is 6. The minimum absolute atomic E-state index is 0.0403. The van der Waals surface area contributed by atoms with Crippen molar-refractivity contribution < 1.29 is 19.1 Å². The molecule has 5 heteroatoms. The summed E-state index contributed by atoms with van der Waals surface area (Å²) in [6.45, 7) is 7.40. The highest BCUT2D eigenvalue weighted by Gasteiger charge is 2.27. The van der Waals surface area contributed by atoms with E-state index in [1.165, 1.54) is 5.56 Å². The molecule has 0 radical (unpaired) electrons. The summed E-state index contributed by atoms with van der Waals surface area (Å²) in [4.78, 5) is 24.7. The highest BCUT2D eigenvalue weighted by atomic mass is 16.6. The lowest BCUT2D eigenvalue weighted by Gasteiger charge is -2.23. The van der Waals surface area contributed by atoms with Gasteiger partial charge in [0, 0.05) is 0 Å². The van der Waals surface area contributed by atoms with E-state index in [2.05, 4.69) is 5.32 Å². The highest BCUT2D eigenvalue weighted by Crippen LogP contribution is 2.22. The third-order valence-corrected chi connectivity index (χ3v) is 4.32. The van der Waals surface area contributed by atoms with Gasteiger partial charge in [-0.05, 0) is 65.4 Å². The summed E-state index contributed by atoms with van der Waals surface area (Å²) in [7, 11) is 0. The Hall–Kier alpha value is -2.30. The first kappa shape index (κ1) is 21.0. The quantitative estimate of drug-likeness (QED) is 0.729. The second-order valence-electron chi connectivity index (χ2n) is 8.09. The molecule has 1 atom stereocenters. The van der Waals surface area contributed by atoms with E-state index in [9.17, 15) is 9.59 Å². The second kappa shape index (κ2) is 9.58. The van der Waals surface area contributed by atoms with Gasteiger partial charge in [-0.3, -0.25) is 0 Å². The van der Waals surface area contributed by atoms with Crippen LogP contribution in [-0.2, 0) is 14.3 Å². The first-order valence-corrected chi connectivity index (χ1v) is 9.66. The monoisotopic (exact) mass is 373 g/mol. The maximum atomic E-state index is 12.6. The summed E-state index contributed by atoms with van der Waals surface area (Å²) >= 11 is 0. The molecule has 5 nitrogen and oxygen atoms in total. The fourth-order valence-corrected chi connectivity index (χ4v) is 2.93. The van der Waals surface area contributed by atoms with E-state index in [0.717, 1.165) is 31.2 Å². The number of carbonyl (C=O) groups excluding carboxylic acids is 2. The lowest BCUT2D eigenvalue weighted by atomic mass is 10.1. The summed E-state index contributed by atoms with van der Waals surface area (Å²) in [6, 6.07) is 7.33. The molecule has 0 aliphatic heterocycles. The molecule has 1 aromatic rings. The van der Waals surface area contributed by atoms with Gasteiger partial charge in [0.25, 0.3) is 0 Å². The maximum absolute atomic E-state index is 12.6. The van der Waals surface area contributed by atoms with Gasteiger partial charge in [-0.15, -0.1) is 0 Å². The molecular weight excluding hydrogens is 342 g/mol. The fourth-order valence-electron chi connectivity index (χ4n) is 2.93. The van der Waals surface area contributed by atoms with E-state index < -0.39 is 23.7 Å². The molecule has 1 amide bonds. The largest absolute Gasteiger partial charge is 0.461 e. The van der Waals surface area contributed by atoms with Crippen molar-refractivity contribution in [3.63, 3.8) is 0 Å². The van der Waals surface area contributed by atoms with Crippen LogP contribution < -0.4 is 5.32 Å². The smallest absolute Gasteiger partial charge is 0.408 e. The van der Waals surface area contributed by atoms with Crippen LogP contribution in [0.2, 0.25) is 0 Å². The van der Waals surface area contributed by atoms with Crippen LogP contribution in [0.25, 0.3) is 6.08 Å². The van der Waals surface area contributed by atoms with Gasteiger partial charge in [0.2, 0.25) is 0 Å². The number of amides is 1. The molecule has 27 heavy (non-hydrogen) atoms. The molecule has 1 N–H and O–H groups in total. The predicted octanol–water partition coefficient (Wildman–Crippen LogP) is 4.78. The average Bonchev–Trinajstić information content (AvgIpc) is 3.07. The molecule has 0 unspecified atom stereocenters. The van der Waals surface area contributed by atoms with E-state index in [-0.39, 0.29) is 6.10 Å². The number of esters is 1. The Labute approximate surface area is 162 Å². The molecule has 1 aromatic carbocycles. The van der Waals surface area contributed by atoms with Crippen LogP contribution in [0, 0.1) is 6.92 Å². The number of benzene rings is 1. The Morgan fingerprint density at radius 3 is 2.41 bits per heavy atom. The lowest BCUT2D eigenvalue weighted by molar-refractivity contribution is -0.151. The standard InChI is InChI=1S/C22H31NO4/c1-16-12-14-17(15-13-16)8-7-11-19(23-21(25)27-22(2,3)4)20(24)26-18-9-5-6-10-18/h7-8,12-15,18-19H,5-6,9-11H2,1-4H3,(H,23,25)/b8-7-/t19-/m0/s1. The molecule has 0 spiro atoms. The summed E-state index contributed by atoms with van der Waals surface area (Å²) < 4.78 is 10.9. The number of hydrogen-bond acceptors (Lipinski definition) is 4. The second-order valence-corrected chi connectivity index (χ2v) is 8.09. The molecular formula is C22H31NO4. The van der Waals surface area contributed by atoms with Gasteiger partial charge in [-0.2, -0.15) is 0 Å². The minimum atomic E-state index is -0.762. The van der Waals surface area contributed by atoms with E-state index in [1.54, 1.807) is 20.8 Å². The van der Waals surface area contributed by atoms with Crippen LogP contribution >= 0.6 is 0 Å². The Morgan fingerprint density at radius 2 is 1.81 bits per heavy atom. The van der Waals surface area contributed by atoms with Gasteiger partial charge < -0.3 is 14.8 Å². The van der Waals surface area contributed by atoms with Crippen molar-refractivity contribution in [3.05, 3.63) is 41.5 Å². The summed E-state index contributed by atoms with van der Waals surface area (Å²) in [5, 5.41) is 2.66. The van der Waals surface area contributed by atoms with Crippen LogP contribution in [0.3, 0.4) is 0 Å². The van der Waals surface area contributed by atoms with Gasteiger partial charge in [0.1, 0.15) is 17.7 Å². The van der Waals surface area contributed by atoms with Crippen LogP contribution in [0.15, 0.2) is 30.3 Å². The van der Waals surface area contributed by atoms with Crippen LogP contribution in [0.4, 0.5) is 4.79 Å². The minimum Gasteiger partial charge on any atom is -0.461 e. The van der Waals surface area contributed by atoms with Crippen molar-refractivity contribution >= 4 is 18.1 Å². The molecule has 0 saturated heterocycles. The molecule has 2 rings (SSSR count). The number of hydrogen-bond donors (Lipinski definition) is 1. The molecule has 0 bridgehead atoms. The molecule has 0 aromatic heterocycles. The van der Waals surface area contributed by atoms with Crippen LogP contribution in [0.5, 0.6) is 0 Å². The first-order chi connectivity index (χ1) is 12.7. The summed E-state index contributed by atoms with van der Waals surface area (Å²) in [6.07, 6.45) is 7.45. The molecule has 148 valence electrons. The number of ether oxygens (including phenoxy) is 2. The van der Waals surface area contributed by atoms with Gasteiger partial charge in [-0.25, -0.2) is 9.59 Å². The van der Waals surface area contributed by atoms with E-state index >= 15 is 0 Å². The van der Waals surface area contributed by atoms with Crippen molar-refractivity contribution in [2.45, 2.75) is 77.5 Å². The Kier molecular flexibility index (Phi) is 7.45. The SMILES string of the molecule is Cc1ccc(/C=C\C[C@H](NC(=O)OC(C)(C)C)C(=O)OC2CCCC2)cc1. The fraction of sp³-hybridized carbons (Fsp3) is 0.545. The van der Waals surface area contributed by atoms with E-state index in [4.69, 9.17) is 9.47 Å². The van der Waals surface area contributed by atoms with Crippen molar-refractivity contribution in [2.24, 2.45) is 0 Å². The Bertz CT molecular complexity index is 652. The Balaban J connectivity index is 1.99. The van der Waals surface area contributed by atoms with Gasteiger partial charge in [-0.1, -0.05) is 42.0 Å². The zero-order chi connectivity index (χ0) is 19.9. The highest BCUT2D eigenvalue weighted by molar-refractivity contribution is 5.82. The summed E-state index contributed by atoms with van der Waals surface area (Å²) in [5.74, 6) is -0.402. The van der Waals surface area contributed by atoms with E-state index in [0.29, 0.717) is 6.42 Å². The number of nitrogens with one attached hydrogen (secondary N) is 1. The number of carbonyl (C=O) groups is 2. The molecule has 1 fully saturated rings. The zero-order valence-corrected chi connectivity index (χ0v) is 16.8. The molecule has 1 aliphatic carbocycles. The zero-order valence-electron chi connectivity index (χ0n) is 16.8. The number of aryl methyl sites for hydroxylation is 1. The average molecular weight is 373 g/mol. The van der Waals surface area contributed by atoms with Gasteiger partial charge >= 0.3 is 12.1 Å². The Morgan fingerprint density at radius 1 is 1.19 bits per heavy atom. The van der Waals surface area contributed by atoms with Crippen molar-refractivity contribution in [2.75, 3.05) is 0 Å². The van der Waals surface area contributed by atoms with Crippen LogP contribution in [0.1, 0.15) is 64.0 Å². The molecule has 1 aliphatic rings. The molecule has 0 heterocycles. The van der Waals surface area contributed by atoms with Crippen LogP contribution in [-0.4, -0.2) is 29.8 Å². The van der Waals surface area contributed by atoms with Gasteiger partial charge in [0.15, 0.2) is 0 Å². The third-order valence-electron chi connectivity index (χ3n) is 4.32. The first-order valence-electron chi connectivity index (χ1n) is 9.66. The molecule has 1 saturated carbocycles. The lowest BCUT2D eigenvalue weighted by Crippen LogP contribution is -2.44.